The third-order valence-corrected chi connectivity index (χ3v) is 4.86. The SMILES string of the molecule is C=CCC(C)OCCn1nnc2c1-c1ccccc1NCc1ccccc1-2. The minimum absolute atomic E-state index is 0.155. The number of nitrogens with one attached hydrogen (secondary N) is 1. The quantitative estimate of drug-likeness (QED) is 0.657. The van der Waals surface area contributed by atoms with Crippen LogP contribution in [0.1, 0.15) is 18.9 Å². The Bertz CT molecular complexity index is 947. The molecule has 0 radical (unpaired) electrons. The molecule has 0 saturated heterocycles. The molecule has 0 amide bonds. The number of para-hydroxylation sites is 1. The van der Waals surface area contributed by atoms with Crippen molar-refractivity contribution in [2.45, 2.75) is 32.5 Å². The predicted molar refractivity (Wildman–Crippen MR) is 108 cm³/mol. The number of anilines is 1. The third kappa shape index (κ3) is 3.51. The summed E-state index contributed by atoms with van der Waals surface area (Å²) in [6.45, 7) is 7.83. The lowest BCUT2D eigenvalue weighted by molar-refractivity contribution is 0.0608. The lowest BCUT2D eigenvalue weighted by atomic mass is 9.97. The molecular formula is C22H24N4O. The van der Waals surface area contributed by atoms with Crippen molar-refractivity contribution >= 4 is 5.69 Å². The van der Waals surface area contributed by atoms with Gasteiger partial charge in [0.25, 0.3) is 0 Å². The number of rotatable bonds is 6. The highest BCUT2D eigenvalue weighted by atomic mass is 16.5. The summed E-state index contributed by atoms with van der Waals surface area (Å²) < 4.78 is 7.84. The first-order valence-electron chi connectivity index (χ1n) is 9.35. The van der Waals surface area contributed by atoms with Crippen LogP contribution in [0.5, 0.6) is 0 Å². The zero-order valence-electron chi connectivity index (χ0n) is 15.6. The van der Waals surface area contributed by atoms with Crippen LogP contribution in [0.2, 0.25) is 0 Å². The van der Waals surface area contributed by atoms with Gasteiger partial charge >= 0.3 is 0 Å². The first kappa shape index (κ1) is 17.5. The Labute approximate surface area is 159 Å². The molecule has 0 aliphatic carbocycles. The summed E-state index contributed by atoms with van der Waals surface area (Å²) in [6, 6.07) is 16.7. The number of benzene rings is 2. The van der Waals surface area contributed by atoms with E-state index in [4.69, 9.17) is 4.74 Å². The molecular weight excluding hydrogens is 336 g/mol. The number of ether oxygens (including phenoxy) is 1. The van der Waals surface area contributed by atoms with Crippen LogP contribution in [0.3, 0.4) is 0 Å². The van der Waals surface area contributed by atoms with E-state index in [1.54, 1.807) is 0 Å². The average Bonchev–Trinajstić information content (AvgIpc) is 3.08. The molecule has 1 N–H and O–H groups in total. The molecule has 27 heavy (non-hydrogen) atoms. The standard InChI is InChI=1S/C22H24N4O/c1-3-8-16(2)27-14-13-26-22-19-11-6-7-12-20(19)23-15-17-9-4-5-10-18(17)21(22)24-25-26/h3-7,9-12,16,23H,1,8,13-15H2,2H3. The fraction of sp³-hybridized carbons (Fsp3) is 0.273. The monoisotopic (exact) mass is 360 g/mol. The molecule has 2 heterocycles. The van der Waals surface area contributed by atoms with Crippen molar-refractivity contribution in [1.29, 1.82) is 0 Å². The van der Waals surface area contributed by atoms with Gasteiger partial charge in [0.2, 0.25) is 0 Å². The molecule has 138 valence electrons. The Hall–Kier alpha value is -2.92. The van der Waals surface area contributed by atoms with Gasteiger partial charge in [-0.2, -0.15) is 0 Å². The number of nitrogens with zero attached hydrogens (tertiary/aromatic N) is 3. The lowest BCUT2D eigenvalue weighted by Crippen LogP contribution is -2.15. The highest BCUT2D eigenvalue weighted by Gasteiger charge is 2.23. The van der Waals surface area contributed by atoms with Crippen LogP contribution in [0.4, 0.5) is 5.69 Å². The molecule has 0 spiro atoms. The summed E-state index contributed by atoms with van der Waals surface area (Å²) in [5, 5.41) is 12.6. The molecule has 5 heteroatoms. The summed E-state index contributed by atoms with van der Waals surface area (Å²) in [5.41, 5.74) is 6.52. The molecule has 0 fully saturated rings. The molecule has 2 aromatic carbocycles. The minimum atomic E-state index is 0.155. The zero-order chi connectivity index (χ0) is 18.6. The predicted octanol–water partition coefficient (Wildman–Crippen LogP) is 4.52. The van der Waals surface area contributed by atoms with E-state index >= 15 is 0 Å². The van der Waals surface area contributed by atoms with Crippen LogP contribution in [0.15, 0.2) is 61.2 Å². The van der Waals surface area contributed by atoms with E-state index in [2.05, 4.69) is 71.6 Å². The van der Waals surface area contributed by atoms with Crippen molar-refractivity contribution in [3.05, 3.63) is 66.7 Å². The molecule has 1 aliphatic rings. The van der Waals surface area contributed by atoms with Gasteiger partial charge in [0.15, 0.2) is 0 Å². The average molecular weight is 360 g/mol. The largest absolute Gasteiger partial charge is 0.380 e. The molecule has 0 bridgehead atoms. The van der Waals surface area contributed by atoms with Crippen LogP contribution < -0.4 is 5.32 Å². The molecule has 5 nitrogen and oxygen atoms in total. The van der Waals surface area contributed by atoms with Gasteiger partial charge in [-0.15, -0.1) is 11.7 Å². The van der Waals surface area contributed by atoms with Gasteiger partial charge in [-0.05, 0) is 25.0 Å². The maximum absolute atomic E-state index is 5.88. The van der Waals surface area contributed by atoms with Crippen molar-refractivity contribution in [3.8, 4) is 22.5 Å². The van der Waals surface area contributed by atoms with Gasteiger partial charge in [0.1, 0.15) is 5.69 Å². The van der Waals surface area contributed by atoms with E-state index in [1.165, 1.54) is 5.56 Å². The number of hydrogen-bond acceptors (Lipinski definition) is 4. The van der Waals surface area contributed by atoms with E-state index in [-0.39, 0.29) is 6.10 Å². The Morgan fingerprint density at radius 3 is 2.81 bits per heavy atom. The molecule has 3 aromatic rings. The topological polar surface area (TPSA) is 52.0 Å². The maximum atomic E-state index is 5.88. The molecule has 1 unspecified atom stereocenters. The Morgan fingerprint density at radius 1 is 1.19 bits per heavy atom. The second-order valence-corrected chi connectivity index (χ2v) is 6.77. The molecule has 1 aromatic heterocycles. The zero-order valence-corrected chi connectivity index (χ0v) is 15.6. The van der Waals surface area contributed by atoms with E-state index < -0.39 is 0 Å². The number of aromatic nitrogens is 3. The minimum Gasteiger partial charge on any atom is -0.380 e. The van der Waals surface area contributed by atoms with Gasteiger partial charge < -0.3 is 10.1 Å². The Morgan fingerprint density at radius 2 is 1.96 bits per heavy atom. The summed E-state index contributed by atoms with van der Waals surface area (Å²) in [7, 11) is 0. The summed E-state index contributed by atoms with van der Waals surface area (Å²) in [4.78, 5) is 0. The fourth-order valence-electron chi connectivity index (χ4n) is 3.50. The van der Waals surface area contributed by atoms with Gasteiger partial charge in [0.05, 0.1) is 24.9 Å². The summed E-state index contributed by atoms with van der Waals surface area (Å²) in [5.74, 6) is 0. The van der Waals surface area contributed by atoms with Gasteiger partial charge in [-0.1, -0.05) is 53.8 Å². The van der Waals surface area contributed by atoms with E-state index in [0.29, 0.717) is 13.2 Å². The fourth-order valence-corrected chi connectivity index (χ4v) is 3.50. The van der Waals surface area contributed by atoms with E-state index in [9.17, 15) is 0 Å². The van der Waals surface area contributed by atoms with Crippen molar-refractivity contribution in [2.24, 2.45) is 0 Å². The van der Waals surface area contributed by atoms with Crippen LogP contribution in [-0.2, 0) is 17.8 Å². The van der Waals surface area contributed by atoms with Crippen molar-refractivity contribution in [3.63, 3.8) is 0 Å². The summed E-state index contributed by atoms with van der Waals surface area (Å²) in [6.07, 6.45) is 2.88. The summed E-state index contributed by atoms with van der Waals surface area (Å²) >= 11 is 0. The van der Waals surface area contributed by atoms with Crippen LogP contribution in [0.25, 0.3) is 22.5 Å². The van der Waals surface area contributed by atoms with E-state index in [1.807, 2.05) is 16.8 Å². The lowest BCUT2D eigenvalue weighted by Gasteiger charge is -2.19. The van der Waals surface area contributed by atoms with Gasteiger partial charge in [-0.25, -0.2) is 4.68 Å². The maximum Gasteiger partial charge on any atom is 0.121 e. The van der Waals surface area contributed by atoms with E-state index in [0.717, 1.165) is 41.2 Å². The van der Waals surface area contributed by atoms with Crippen LogP contribution in [-0.4, -0.2) is 27.7 Å². The smallest absolute Gasteiger partial charge is 0.121 e. The second kappa shape index (κ2) is 7.76. The molecule has 4 rings (SSSR count). The Balaban J connectivity index is 1.73. The van der Waals surface area contributed by atoms with Crippen LogP contribution >= 0.6 is 0 Å². The van der Waals surface area contributed by atoms with Crippen LogP contribution in [0, 0.1) is 0 Å². The number of hydrogen-bond donors (Lipinski definition) is 1. The van der Waals surface area contributed by atoms with Gasteiger partial charge in [-0.3, -0.25) is 0 Å². The third-order valence-electron chi connectivity index (χ3n) is 4.86. The number of fused-ring (bicyclic) bond motifs is 5. The highest BCUT2D eigenvalue weighted by molar-refractivity contribution is 5.87. The first-order valence-corrected chi connectivity index (χ1v) is 9.35. The molecule has 0 saturated carbocycles. The molecule has 1 atom stereocenters. The Kier molecular flexibility index (Phi) is 5.03. The van der Waals surface area contributed by atoms with Gasteiger partial charge in [0, 0.05) is 23.4 Å². The van der Waals surface area contributed by atoms with Crippen molar-refractivity contribution in [1.82, 2.24) is 15.0 Å². The van der Waals surface area contributed by atoms with Crippen molar-refractivity contribution < 1.29 is 4.74 Å². The second-order valence-electron chi connectivity index (χ2n) is 6.77. The first-order chi connectivity index (χ1) is 13.3. The van der Waals surface area contributed by atoms with Crippen molar-refractivity contribution in [2.75, 3.05) is 11.9 Å². The normalized spacial score (nSPS) is 13.4. The highest BCUT2D eigenvalue weighted by Crippen LogP contribution is 2.38. The molecule has 1 aliphatic heterocycles.